The molecule has 30 heavy (non-hydrogen) atoms. The van der Waals surface area contributed by atoms with Crippen LogP contribution in [0.5, 0.6) is 0 Å². The van der Waals surface area contributed by atoms with Crippen LogP contribution in [0.25, 0.3) is 0 Å². The van der Waals surface area contributed by atoms with Crippen molar-refractivity contribution in [2.75, 3.05) is 31.2 Å². The normalized spacial score (nSPS) is 13.6. The topological polar surface area (TPSA) is 60.9 Å². The van der Waals surface area contributed by atoms with E-state index in [0.717, 1.165) is 23.2 Å². The lowest BCUT2D eigenvalue weighted by atomic mass is 10.1. The lowest BCUT2D eigenvalue weighted by Crippen LogP contribution is -2.43. The van der Waals surface area contributed by atoms with E-state index in [1.807, 2.05) is 68.4 Å². The van der Waals surface area contributed by atoms with Gasteiger partial charge in [-0.05, 0) is 43.0 Å². The summed E-state index contributed by atoms with van der Waals surface area (Å²) >= 11 is 0. The summed E-state index contributed by atoms with van der Waals surface area (Å²) in [6, 6.07) is 17.5. The van der Waals surface area contributed by atoms with Crippen LogP contribution < -0.4 is 4.90 Å². The SMILES string of the molecule is CCCN(CC(=O)N1CC(=O)N(c2cccc(C)c2)C1)C(=O)CCc1ccccc1. The molecule has 0 unspecified atom stereocenters. The fraction of sp³-hybridized carbons (Fsp3) is 0.375. The fourth-order valence-electron chi connectivity index (χ4n) is 3.62. The number of hydrogen-bond donors (Lipinski definition) is 0. The first-order chi connectivity index (χ1) is 14.5. The largest absolute Gasteiger partial charge is 0.333 e. The molecule has 6 heteroatoms. The van der Waals surface area contributed by atoms with Gasteiger partial charge in [0, 0.05) is 18.7 Å². The van der Waals surface area contributed by atoms with E-state index < -0.39 is 0 Å². The molecule has 0 saturated carbocycles. The molecule has 6 nitrogen and oxygen atoms in total. The van der Waals surface area contributed by atoms with Gasteiger partial charge >= 0.3 is 0 Å². The van der Waals surface area contributed by atoms with Gasteiger partial charge in [-0.2, -0.15) is 0 Å². The number of nitrogens with zero attached hydrogens (tertiary/aromatic N) is 3. The molecule has 0 N–H and O–H groups in total. The Morgan fingerprint density at radius 2 is 1.83 bits per heavy atom. The lowest BCUT2D eigenvalue weighted by molar-refractivity contribution is -0.140. The highest BCUT2D eigenvalue weighted by Crippen LogP contribution is 2.20. The summed E-state index contributed by atoms with van der Waals surface area (Å²) in [6.07, 6.45) is 1.79. The first-order valence-corrected chi connectivity index (χ1v) is 10.4. The van der Waals surface area contributed by atoms with Crippen LogP contribution in [0.2, 0.25) is 0 Å². The summed E-state index contributed by atoms with van der Waals surface area (Å²) in [6.45, 7) is 4.76. The molecule has 0 spiro atoms. The first kappa shape index (κ1) is 21.6. The lowest BCUT2D eigenvalue weighted by Gasteiger charge is -2.25. The van der Waals surface area contributed by atoms with Crippen molar-refractivity contribution < 1.29 is 14.4 Å². The number of anilines is 1. The van der Waals surface area contributed by atoms with E-state index in [4.69, 9.17) is 0 Å². The molecule has 1 saturated heterocycles. The molecule has 0 atom stereocenters. The third-order valence-corrected chi connectivity index (χ3v) is 5.25. The predicted molar refractivity (Wildman–Crippen MR) is 117 cm³/mol. The molecule has 1 fully saturated rings. The minimum absolute atomic E-state index is 0.0103. The molecule has 0 bridgehead atoms. The molecule has 2 aromatic rings. The van der Waals surface area contributed by atoms with Crippen LogP contribution in [0.1, 0.15) is 30.9 Å². The van der Waals surface area contributed by atoms with Crippen LogP contribution in [0.15, 0.2) is 54.6 Å². The molecule has 0 radical (unpaired) electrons. The average Bonchev–Trinajstić information content (AvgIpc) is 3.14. The Hall–Kier alpha value is -3.15. The van der Waals surface area contributed by atoms with Crippen molar-refractivity contribution in [3.63, 3.8) is 0 Å². The highest BCUT2D eigenvalue weighted by Gasteiger charge is 2.32. The van der Waals surface area contributed by atoms with Gasteiger partial charge in [-0.1, -0.05) is 49.4 Å². The van der Waals surface area contributed by atoms with Crippen LogP contribution in [0, 0.1) is 6.92 Å². The zero-order valence-corrected chi connectivity index (χ0v) is 17.7. The van der Waals surface area contributed by atoms with Crippen molar-refractivity contribution in [2.45, 2.75) is 33.1 Å². The summed E-state index contributed by atoms with van der Waals surface area (Å²) in [5.41, 5.74) is 2.95. The number of rotatable bonds is 8. The standard InChI is InChI=1S/C24H29N3O3/c1-3-14-25(22(28)13-12-20-9-5-4-6-10-20)16-23(29)26-17-24(30)27(18-26)21-11-7-8-19(2)15-21/h4-11,15H,3,12-14,16-18H2,1-2H3. The molecule has 1 aliphatic heterocycles. The van der Waals surface area contributed by atoms with Crippen LogP contribution in [0.4, 0.5) is 5.69 Å². The maximum atomic E-state index is 12.9. The van der Waals surface area contributed by atoms with Crippen molar-refractivity contribution in [1.29, 1.82) is 0 Å². The van der Waals surface area contributed by atoms with Gasteiger partial charge in [0.15, 0.2) is 0 Å². The number of amides is 3. The van der Waals surface area contributed by atoms with Crippen molar-refractivity contribution in [2.24, 2.45) is 0 Å². The Bertz CT molecular complexity index is 898. The summed E-state index contributed by atoms with van der Waals surface area (Å²) in [4.78, 5) is 42.8. The second kappa shape index (κ2) is 10.1. The second-order valence-electron chi connectivity index (χ2n) is 7.69. The Balaban J connectivity index is 1.59. The molecule has 0 aromatic heterocycles. The van der Waals surface area contributed by atoms with Crippen molar-refractivity contribution in [3.8, 4) is 0 Å². The molecule has 1 aliphatic rings. The average molecular weight is 408 g/mol. The molecule has 3 amide bonds. The molecular weight excluding hydrogens is 378 g/mol. The predicted octanol–water partition coefficient (Wildman–Crippen LogP) is 3.00. The number of carbonyl (C=O) groups excluding carboxylic acids is 3. The van der Waals surface area contributed by atoms with E-state index >= 15 is 0 Å². The highest BCUT2D eigenvalue weighted by atomic mass is 16.2. The zero-order valence-electron chi connectivity index (χ0n) is 17.7. The molecule has 2 aromatic carbocycles. The number of benzene rings is 2. The van der Waals surface area contributed by atoms with Gasteiger partial charge in [0.25, 0.3) is 0 Å². The second-order valence-corrected chi connectivity index (χ2v) is 7.69. The van der Waals surface area contributed by atoms with E-state index in [9.17, 15) is 14.4 Å². The molecular formula is C24H29N3O3. The van der Waals surface area contributed by atoms with Gasteiger partial charge in [-0.15, -0.1) is 0 Å². The van der Waals surface area contributed by atoms with E-state index in [1.165, 1.54) is 4.90 Å². The minimum Gasteiger partial charge on any atom is -0.333 e. The number of hydrogen-bond acceptors (Lipinski definition) is 3. The third-order valence-electron chi connectivity index (χ3n) is 5.25. The number of carbonyl (C=O) groups is 3. The monoisotopic (exact) mass is 407 g/mol. The van der Waals surface area contributed by atoms with Crippen LogP contribution in [-0.4, -0.2) is 53.8 Å². The van der Waals surface area contributed by atoms with Crippen molar-refractivity contribution >= 4 is 23.4 Å². The fourth-order valence-corrected chi connectivity index (χ4v) is 3.62. The van der Waals surface area contributed by atoms with Crippen LogP contribution in [-0.2, 0) is 20.8 Å². The van der Waals surface area contributed by atoms with Gasteiger partial charge in [0.05, 0.1) is 6.54 Å². The minimum atomic E-state index is -0.194. The maximum absolute atomic E-state index is 12.9. The first-order valence-electron chi connectivity index (χ1n) is 10.4. The van der Waals surface area contributed by atoms with E-state index in [-0.39, 0.29) is 37.5 Å². The molecule has 1 heterocycles. The quantitative estimate of drug-likeness (QED) is 0.676. The van der Waals surface area contributed by atoms with Crippen molar-refractivity contribution in [3.05, 3.63) is 65.7 Å². The molecule has 0 aliphatic carbocycles. The van der Waals surface area contributed by atoms with Crippen molar-refractivity contribution in [1.82, 2.24) is 9.80 Å². The van der Waals surface area contributed by atoms with Gasteiger partial charge in [-0.3, -0.25) is 19.3 Å². The third kappa shape index (κ3) is 5.47. The highest BCUT2D eigenvalue weighted by molar-refractivity contribution is 6.00. The van der Waals surface area contributed by atoms with Gasteiger partial charge in [0.1, 0.15) is 13.2 Å². The molecule has 3 rings (SSSR count). The van der Waals surface area contributed by atoms with Gasteiger partial charge in [-0.25, -0.2) is 0 Å². The van der Waals surface area contributed by atoms with Gasteiger partial charge in [0.2, 0.25) is 17.7 Å². The number of aryl methyl sites for hydroxylation is 2. The van der Waals surface area contributed by atoms with Gasteiger partial charge < -0.3 is 9.80 Å². The summed E-state index contributed by atoms with van der Waals surface area (Å²) in [5, 5.41) is 0. The zero-order chi connectivity index (χ0) is 21.5. The maximum Gasteiger partial charge on any atom is 0.248 e. The van der Waals surface area contributed by atoms with Crippen LogP contribution >= 0.6 is 0 Å². The summed E-state index contributed by atoms with van der Waals surface area (Å²) in [7, 11) is 0. The Morgan fingerprint density at radius 1 is 1.07 bits per heavy atom. The van der Waals surface area contributed by atoms with E-state index in [0.29, 0.717) is 19.4 Å². The van der Waals surface area contributed by atoms with Crippen LogP contribution in [0.3, 0.4) is 0 Å². The smallest absolute Gasteiger partial charge is 0.248 e. The van der Waals surface area contributed by atoms with E-state index in [2.05, 4.69) is 0 Å². The van der Waals surface area contributed by atoms with E-state index in [1.54, 1.807) is 9.80 Å². The Labute approximate surface area is 178 Å². The Morgan fingerprint density at radius 3 is 2.53 bits per heavy atom. The summed E-state index contributed by atoms with van der Waals surface area (Å²) in [5.74, 6) is -0.332. The summed E-state index contributed by atoms with van der Waals surface area (Å²) < 4.78 is 0. The Kier molecular flexibility index (Phi) is 7.22. The molecule has 158 valence electrons.